The number of halogens is 2. The first-order valence-corrected chi connectivity index (χ1v) is 8.66. The summed E-state index contributed by atoms with van der Waals surface area (Å²) in [7, 11) is -2.29. The van der Waals surface area contributed by atoms with Crippen LogP contribution in [-0.4, -0.2) is 34.8 Å². The molecular weight excluding hydrogens is 337 g/mol. The van der Waals surface area contributed by atoms with Gasteiger partial charge in [0.15, 0.2) is 0 Å². The van der Waals surface area contributed by atoms with E-state index in [1.54, 1.807) is 0 Å². The van der Waals surface area contributed by atoms with Crippen molar-refractivity contribution in [3.05, 3.63) is 22.2 Å². The fourth-order valence-corrected chi connectivity index (χ4v) is 3.47. The molecule has 0 unspecified atom stereocenters. The molecule has 0 saturated heterocycles. The molecule has 5 nitrogen and oxygen atoms in total. The third kappa shape index (κ3) is 5.30. The van der Waals surface area contributed by atoms with Gasteiger partial charge < -0.3 is 9.47 Å². The maximum absolute atomic E-state index is 12.2. The molecule has 0 aliphatic carbocycles. The van der Waals surface area contributed by atoms with Crippen molar-refractivity contribution >= 4 is 33.2 Å². The van der Waals surface area contributed by atoms with Crippen LogP contribution in [0, 0.1) is 0 Å². The zero-order chi connectivity index (χ0) is 16.0. The molecule has 0 saturated carbocycles. The molecule has 0 bridgehead atoms. The zero-order valence-electron chi connectivity index (χ0n) is 12.2. The smallest absolute Gasteiger partial charge is 0.242 e. The standard InChI is InChI=1S/C13H19Cl2NO4S/c1-9(2)20-8-4-7-16-21(17,18)11-6-5-10(19-3)12(14)13(11)15/h5-6,9,16H,4,7-8H2,1-3H3. The van der Waals surface area contributed by atoms with Crippen LogP contribution in [0.2, 0.25) is 10.0 Å². The predicted octanol–water partition coefficient (Wildman–Crippen LogP) is 3.10. The lowest BCUT2D eigenvalue weighted by atomic mass is 10.3. The Morgan fingerprint density at radius 1 is 1.24 bits per heavy atom. The minimum Gasteiger partial charge on any atom is -0.495 e. The quantitative estimate of drug-likeness (QED) is 0.727. The average molecular weight is 356 g/mol. The van der Waals surface area contributed by atoms with Gasteiger partial charge in [-0.1, -0.05) is 23.2 Å². The molecule has 0 spiro atoms. The second kappa shape index (κ2) is 8.19. The monoisotopic (exact) mass is 355 g/mol. The number of ether oxygens (including phenoxy) is 2. The Bertz CT molecular complexity index is 576. The Hall–Kier alpha value is -0.530. The van der Waals surface area contributed by atoms with Crippen molar-refractivity contribution in [1.82, 2.24) is 4.72 Å². The molecule has 0 atom stereocenters. The number of rotatable bonds is 8. The third-order valence-electron chi connectivity index (χ3n) is 2.59. The Labute approximate surface area is 135 Å². The summed E-state index contributed by atoms with van der Waals surface area (Å²) >= 11 is 11.9. The highest BCUT2D eigenvalue weighted by molar-refractivity contribution is 7.89. The average Bonchev–Trinajstić information content (AvgIpc) is 2.40. The SMILES string of the molecule is COc1ccc(S(=O)(=O)NCCCOC(C)C)c(Cl)c1Cl. The maximum Gasteiger partial charge on any atom is 0.242 e. The van der Waals surface area contributed by atoms with E-state index in [0.29, 0.717) is 18.8 Å². The van der Waals surface area contributed by atoms with E-state index < -0.39 is 10.0 Å². The number of nitrogens with one attached hydrogen (secondary N) is 1. The van der Waals surface area contributed by atoms with Crippen molar-refractivity contribution in [1.29, 1.82) is 0 Å². The summed E-state index contributed by atoms with van der Waals surface area (Å²) in [4.78, 5) is -0.0697. The van der Waals surface area contributed by atoms with Gasteiger partial charge in [0, 0.05) is 13.2 Å². The minimum absolute atomic E-state index is 0.0538. The summed E-state index contributed by atoms with van der Waals surface area (Å²) in [5.74, 6) is 0.325. The fourth-order valence-electron chi connectivity index (χ4n) is 1.55. The van der Waals surface area contributed by atoms with E-state index in [1.165, 1.54) is 19.2 Å². The summed E-state index contributed by atoms with van der Waals surface area (Å²) in [5, 5.41) is 0.0205. The number of benzene rings is 1. The molecule has 1 aromatic carbocycles. The summed E-state index contributed by atoms with van der Waals surface area (Å²) in [6.07, 6.45) is 0.690. The Morgan fingerprint density at radius 2 is 1.90 bits per heavy atom. The van der Waals surface area contributed by atoms with E-state index in [9.17, 15) is 8.42 Å². The molecule has 8 heteroatoms. The van der Waals surface area contributed by atoms with Gasteiger partial charge >= 0.3 is 0 Å². The summed E-state index contributed by atoms with van der Waals surface area (Å²) in [5.41, 5.74) is 0. The lowest BCUT2D eigenvalue weighted by molar-refractivity contribution is 0.0778. The zero-order valence-corrected chi connectivity index (χ0v) is 14.5. The predicted molar refractivity (Wildman–Crippen MR) is 83.9 cm³/mol. The first-order chi connectivity index (χ1) is 9.79. The van der Waals surface area contributed by atoms with Crippen LogP contribution in [0.4, 0.5) is 0 Å². The molecule has 1 rings (SSSR count). The largest absolute Gasteiger partial charge is 0.495 e. The van der Waals surface area contributed by atoms with E-state index in [-0.39, 0.29) is 27.6 Å². The van der Waals surface area contributed by atoms with Gasteiger partial charge in [-0.2, -0.15) is 0 Å². The molecule has 120 valence electrons. The van der Waals surface area contributed by atoms with E-state index in [1.807, 2.05) is 13.8 Å². The first kappa shape index (κ1) is 18.5. The van der Waals surface area contributed by atoms with Crippen LogP contribution in [0.5, 0.6) is 5.75 Å². The molecule has 0 aliphatic heterocycles. The van der Waals surface area contributed by atoms with Gasteiger partial charge in [0.1, 0.15) is 15.7 Å². The highest BCUT2D eigenvalue weighted by atomic mass is 35.5. The summed E-state index contributed by atoms with van der Waals surface area (Å²) < 4.78 is 37.1. The van der Waals surface area contributed by atoms with E-state index in [0.717, 1.165) is 0 Å². The van der Waals surface area contributed by atoms with Crippen molar-refractivity contribution in [2.75, 3.05) is 20.3 Å². The van der Waals surface area contributed by atoms with Gasteiger partial charge in [0.2, 0.25) is 10.0 Å². The van der Waals surface area contributed by atoms with E-state index in [4.69, 9.17) is 32.7 Å². The number of sulfonamides is 1. The van der Waals surface area contributed by atoms with Crippen LogP contribution in [0.1, 0.15) is 20.3 Å². The number of hydrogen-bond donors (Lipinski definition) is 1. The van der Waals surface area contributed by atoms with Gasteiger partial charge in [-0.3, -0.25) is 0 Å². The highest BCUT2D eigenvalue weighted by Gasteiger charge is 2.21. The molecule has 1 N–H and O–H groups in total. The lowest BCUT2D eigenvalue weighted by Crippen LogP contribution is -2.26. The van der Waals surface area contributed by atoms with Crippen LogP contribution in [0.3, 0.4) is 0 Å². The number of methoxy groups -OCH3 is 1. The van der Waals surface area contributed by atoms with Crippen LogP contribution >= 0.6 is 23.2 Å². The molecule has 0 fully saturated rings. The minimum atomic E-state index is -3.72. The van der Waals surface area contributed by atoms with Crippen molar-refractivity contribution in [3.63, 3.8) is 0 Å². The van der Waals surface area contributed by atoms with Crippen LogP contribution < -0.4 is 9.46 Å². The third-order valence-corrected chi connectivity index (χ3v) is 5.07. The number of hydrogen-bond acceptors (Lipinski definition) is 4. The molecule has 1 aromatic rings. The molecular formula is C13H19Cl2NO4S. The van der Waals surface area contributed by atoms with Crippen molar-refractivity contribution in [2.45, 2.75) is 31.3 Å². The van der Waals surface area contributed by atoms with Gasteiger partial charge in [0.05, 0.1) is 18.2 Å². The Balaban J connectivity index is 2.73. The van der Waals surface area contributed by atoms with Crippen LogP contribution in [0.15, 0.2) is 17.0 Å². The highest BCUT2D eigenvalue weighted by Crippen LogP contribution is 2.36. The molecule has 0 aromatic heterocycles. The Kier molecular flexibility index (Phi) is 7.23. The van der Waals surface area contributed by atoms with E-state index >= 15 is 0 Å². The van der Waals surface area contributed by atoms with Crippen molar-refractivity contribution < 1.29 is 17.9 Å². The van der Waals surface area contributed by atoms with Crippen LogP contribution in [-0.2, 0) is 14.8 Å². The van der Waals surface area contributed by atoms with Crippen molar-refractivity contribution in [2.24, 2.45) is 0 Å². The van der Waals surface area contributed by atoms with Crippen molar-refractivity contribution in [3.8, 4) is 5.75 Å². The second-order valence-corrected chi connectivity index (χ2v) is 7.06. The van der Waals surface area contributed by atoms with Gasteiger partial charge in [-0.05, 0) is 32.4 Å². The molecule has 0 aliphatic rings. The first-order valence-electron chi connectivity index (χ1n) is 6.43. The topological polar surface area (TPSA) is 64.6 Å². The fraction of sp³-hybridized carbons (Fsp3) is 0.538. The van der Waals surface area contributed by atoms with Gasteiger partial charge in [-0.15, -0.1) is 0 Å². The lowest BCUT2D eigenvalue weighted by Gasteiger charge is -2.12. The maximum atomic E-state index is 12.2. The summed E-state index contributed by atoms with van der Waals surface area (Å²) in [6, 6.07) is 2.82. The Morgan fingerprint density at radius 3 is 2.48 bits per heavy atom. The van der Waals surface area contributed by atoms with Gasteiger partial charge in [-0.25, -0.2) is 13.1 Å². The second-order valence-electron chi connectivity index (χ2n) is 4.56. The van der Waals surface area contributed by atoms with Crippen LogP contribution in [0.25, 0.3) is 0 Å². The molecule has 0 heterocycles. The van der Waals surface area contributed by atoms with E-state index in [2.05, 4.69) is 4.72 Å². The normalized spacial score (nSPS) is 11.9. The molecule has 0 radical (unpaired) electrons. The molecule has 0 amide bonds. The van der Waals surface area contributed by atoms with Gasteiger partial charge in [0.25, 0.3) is 0 Å². The summed E-state index contributed by atoms with van der Waals surface area (Å²) in [6.45, 7) is 4.58. The molecule has 21 heavy (non-hydrogen) atoms.